The lowest BCUT2D eigenvalue weighted by atomic mass is 9.80. The van der Waals surface area contributed by atoms with Gasteiger partial charge in [-0.3, -0.25) is 0 Å². The third-order valence-electron chi connectivity index (χ3n) is 4.55. The molecule has 3 heteroatoms. The molecule has 1 fully saturated rings. The Morgan fingerprint density at radius 2 is 2.28 bits per heavy atom. The Hall–Kier alpha value is -0.930. The van der Waals surface area contributed by atoms with Crippen molar-refractivity contribution in [1.82, 2.24) is 5.32 Å². The molecule has 2 N–H and O–H groups in total. The summed E-state index contributed by atoms with van der Waals surface area (Å²) in [6.07, 6.45) is 3.64. The van der Waals surface area contributed by atoms with Crippen molar-refractivity contribution < 1.29 is 9.50 Å². The van der Waals surface area contributed by atoms with Gasteiger partial charge < -0.3 is 10.4 Å². The molecule has 1 aromatic carbocycles. The number of hydrogen-bond donors (Lipinski definition) is 2. The summed E-state index contributed by atoms with van der Waals surface area (Å²) < 4.78 is 13.2. The first-order valence-corrected chi connectivity index (χ1v) is 6.84. The number of nitrogens with one attached hydrogen (secondary N) is 1. The molecule has 0 bridgehead atoms. The zero-order valence-electron chi connectivity index (χ0n) is 10.7. The van der Waals surface area contributed by atoms with Gasteiger partial charge in [-0.15, -0.1) is 0 Å². The quantitative estimate of drug-likeness (QED) is 0.800. The molecule has 2 aliphatic rings. The normalized spacial score (nSPS) is 35.5. The highest BCUT2D eigenvalue weighted by Gasteiger charge is 2.44. The molecule has 3 unspecified atom stereocenters. The number of aliphatic hydroxyl groups is 1. The van der Waals surface area contributed by atoms with Crippen LogP contribution in [0.5, 0.6) is 0 Å². The molecule has 1 aromatic rings. The van der Waals surface area contributed by atoms with Crippen molar-refractivity contribution in [2.24, 2.45) is 5.92 Å². The molecular weight excluding hydrogens is 229 g/mol. The van der Waals surface area contributed by atoms with E-state index < -0.39 is 5.60 Å². The van der Waals surface area contributed by atoms with Gasteiger partial charge in [0, 0.05) is 6.04 Å². The number of aryl methyl sites for hydroxylation is 1. The van der Waals surface area contributed by atoms with E-state index in [4.69, 9.17) is 0 Å². The van der Waals surface area contributed by atoms with Crippen molar-refractivity contribution in [3.63, 3.8) is 0 Å². The van der Waals surface area contributed by atoms with Gasteiger partial charge in [-0.2, -0.15) is 0 Å². The number of benzene rings is 1. The minimum absolute atomic E-state index is 0.105. The minimum Gasteiger partial charge on any atom is -0.384 e. The highest BCUT2D eigenvalue weighted by atomic mass is 19.1. The Morgan fingerprint density at radius 1 is 1.44 bits per heavy atom. The fourth-order valence-corrected chi connectivity index (χ4v) is 3.48. The monoisotopic (exact) mass is 249 g/mol. The van der Waals surface area contributed by atoms with Gasteiger partial charge in [0.2, 0.25) is 0 Å². The predicted octanol–water partition coefficient (Wildman–Crippen LogP) is 2.35. The Kier molecular flexibility index (Phi) is 2.91. The van der Waals surface area contributed by atoms with Crippen LogP contribution in [0.3, 0.4) is 0 Å². The van der Waals surface area contributed by atoms with E-state index in [1.54, 1.807) is 12.1 Å². The lowest BCUT2D eigenvalue weighted by molar-refractivity contribution is -0.0169. The molecule has 0 aromatic heterocycles. The first kappa shape index (κ1) is 12.1. The van der Waals surface area contributed by atoms with Crippen LogP contribution in [0.1, 0.15) is 37.3 Å². The highest BCUT2D eigenvalue weighted by Crippen LogP contribution is 2.42. The summed E-state index contributed by atoms with van der Waals surface area (Å²) in [5.74, 6) is 0.438. The van der Waals surface area contributed by atoms with Crippen molar-refractivity contribution >= 4 is 0 Å². The highest BCUT2D eigenvalue weighted by molar-refractivity contribution is 5.39. The lowest BCUT2D eigenvalue weighted by Gasteiger charge is -2.39. The second kappa shape index (κ2) is 4.32. The summed E-state index contributed by atoms with van der Waals surface area (Å²) in [6, 6.07) is 4.90. The molecule has 0 radical (unpaired) electrons. The first-order valence-electron chi connectivity index (χ1n) is 6.84. The number of hydrogen-bond acceptors (Lipinski definition) is 2. The summed E-state index contributed by atoms with van der Waals surface area (Å²) in [5.41, 5.74) is 1.09. The molecule has 3 rings (SSSR count). The van der Waals surface area contributed by atoms with Crippen molar-refractivity contribution in [1.29, 1.82) is 0 Å². The molecule has 2 nitrogen and oxygen atoms in total. The maximum Gasteiger partial charge on any atom is 0.123 e. The maximum atomic E-state index is 13.2. The molecule has 1 saturated heterocycles. The first-order chi connectivity index (χ1) is 8.59. The summed E-state index contributed by atoms with van der Waals surface area (Å²) in [7, 11) is 0. The Balaban J connectivity index is 1.93. The van der Waals surface area contributed by atoms with E-state index >= 15 is 0 Å². The summed E-state index contributed by atoms with van der Waals surface area (Å²) in [6.45, 7) is 3.20. The fourth-order valence-electron chi connectivity index (χ4n) is 3.48. The van der Waals surface area contributed by atoms with E-state index in [-0.39, 0.29) is 11.9 Å². The SMILES string of the molecule is CC1CCNC(C2(O)CCc3cc(F)ccc32)C1. The Morgan fingerprint density at radius 3 is 3.06 bits per heavy atom. The molecule has 1 heterocycles. The topological polar surface area (TPSA) is 32.3 Å². The molecule has 0 saturated carbocycles. The number of piperidine rings is 1. The maximum absolute atomic E-state index is 13.2. The molecular formula is C15H20FNO. The average Bonchev–Trinajstić information content (AvgIpc) is 2.68. The summed E-state index contributed by atoms with van der Waals surface area (Å²) in [4.78, 5) is 0. The largest absolute Gasteiger partial charge is 0.384 e. The van der Waals surface area contributed by atoms with Gasteiger partial charge in [-0.1, -0.05) is 13.0 Å². The van der Waals surface area contributed by atoms with E-state index in [1.165, 1.54) is 12.5 Å². The second-order valence-electron chi connectivity index (χ2n) is 5.86. The van der Waals surface area contributed by atoms with Gasteiger partial charge in [-0.25, -0.2) is 4.39 Å². The molecule has 18 heavy (non-hydrogen) atoms. The molecule has 3 atom stereocenters. The van der Waals surface area contributed by atoms with Crippen LogP contribution in [-0.2, 0) is 12.0 Å². The fraction of sp³-hybridized carbons (Fsp3) is 0.600. The van der Waals surface area contributed by atoms with Gasteiger partial charge >= 0.3 is 0 Å². The smallest absolute Gasteiger partial charge is 0.123 e. The second-order valence-corrected chi connectivity index (χ2v) is 5.86. The third-order valence-corrected chi connectivity index (χ3v) is 4.55. The van der Waals surface area contributed by atoms with Gasteiger partial charge in [0.25, 0.3) is 0 Å². The molecule has 98 valence electrons. The van der Waals surface area contributed by atoms with Crippen LogP contribution in [0, 0.1) is 11.7 Å². The van der Waals surface area contributed by atoms with E-state index in [9.17, 15) is 9.50 Å². The number of fused-ring (bicyclic) bond motifs is 1. The molecule has 1 aliphatic carbocycles. The minimum atomic E-state index is -0.808. The van der Waals surface area contributed by atoms with Gasteiger partial charge in [-0.05, 0) is 61.4 Å². The van der Waals surface area contributed by atoms with Crippen molar-refractivity contribution in [3.8, 4) is 0 Å². The van der Waals surface area contributed by atoms with Crippen LogP contribution in [0.15, 0.2) is 18.2 Å². The zero-order chi connectivity index (χ0) is 12.8. The van der Waals surface area contributed by atoms with Crippen LogP contribution >= 0.6 is 0 Å². The van der Waals surface area contributed by atoms with Crippen LogP contribution in [0.4, 0.5) is 4.39 Å². The Bertz CT molecular complexity index is 462. The predicted molar refractivity (Wildman–Crippen MR) is 68.8 cm³/mol. The van der Waals surface area contributed by atoms with Gasteiger partial charge in [0.1, 0.15) is 11.4 Å². The standard InChI is InChI=1S/C15H20FNO/c1-10-5-7-17-14(8-10)15(18)6-4-11-9-12(16)2-3-13(11)15/h2-3,9-10,14,17-18H,4-8H2,1H3. The van der Waals surface area contributed by atoms with E-state index in [0.717, 1.165) is 30.5 Å². The number of rotatable bonds is 1. The molecule has 1 aliphatic heterocycles. The van der Waals surface area contributed by atoms with Crippen molar-refractivity contribution in [2.45, 2.75) is 44.2 Å². The zero-order valence-corrected chi connectivity index (χ0v) is 10.7. The van der Waals surface area contributed by atoms with Crippen LogP contribution < -0.4 is 5.32 Å². The van der Waals surface area contributed by atoms with E-state index in [2.05, 4.69) is 12.2 Å². The van der Waals surface area contributed by atoms with Gasteiger partial charge in [0.15, 0.2) is 0 Å². The van der Waals surface area contributed by atoms with Crippen molar-refractivity contribution in [3.05, 3.63) is 35.1 Å². The average molecular weight is 249 g/mol. The molecule has 0 spiro atoms. The van der Waals surface area contributed by atoms with Crippen molar-refractivity contribution in [2.75, 3.05) is 6.54 Å². The Labute approximate surface area is 107 Å². The summed E-state index contributed by atoms with van der Waals surface area (Å²) >= 11 is 0. The van der Waals surface area contributed by atoms with Gasteiger partial charge in [0.05, 0.1) is 0 Å². The summed E-state index contributed by atoms with van der Waals surface area (Å²) in [5, 5.41) is 14.4. The van der Waals surface area contributed by atoms with Crippen LogP contribution in [0.2, 0.25) is 0 Å². The van der Waals surface area contributed by atoms with Crippen LogP contribution in [-0.4, -0.2) is 17.7 Å². The van der Waals surface area contributed by atoms with E-state index in [1.807, 2.05) is 0 Å². The van der Waals surface area contributed by atoms with Crippen LogP contribution in [0.25, 0.3) is 0 Å². The third kappa shape index (κ3) is 1.86. The molecule has 0 amide bonds. The lowest BCUT2D eigenvalue weighted by Crippen LogP contribution is -2.51. The number of halogens is 1. The van der Waals surface area contributed by atoms with E-state index in [0.29, 0.717) is 12.3 Å².